The van der Waals surface area contributed by atoms with E-state index < -0.39 is 9.84 Å². The first-order chi connectivity index (χ1) is 9.94. The van der Waals surface area contributed by atoms with Gasteiger partial charge in [0.15, 0.2) is 9.84 Å². The van der Waals surface area contributed by atoms with Crippen LogP contribution in [0.4, 0.5) is 0 Å². The summed E-state index contributed by atoms with van der Waals surface area (Å²) in [4.78, 5) is 30.1. The number of fused-ring (bicyclic) bond motifs is 1. The second-order valence-corrected chi connectivity index (χ2v) is 7.27. The molecule has 1 amide bonds. The van der Waals surface area contributed by atoms with E-state index in [-0.39, 0.29) is 29.0 Å². The molecule has 1 aromatic heterocycles. The summed E-state index contributed by atoms with van der Waals surface area (Å²) in [5, 5.41) is 3.10. The molecule has 0 unspecified atom stereocenters. The van der Waals surface area contributed by atoms with Crippen LogP contribution in [-0.4, -0.2) is 41.8 Å². The van der Waals surface area contributed by atoms with Crippen LogP contribution in [0.1, 0.15) is 16.8 Å². The van der Waals surface area contributed by atoms with Gasteiger partial charge < -0.3 is 10.3 Å². The van der Waals surface area contributed by atoms with Gasteiger partial charge in [0.1, 0.15) is 0 Å². The first-order valence-electron chi connectivity index (χ1n) is 6.43. The third-order valence-electron chi connectivity index (χ3n) is 3.47. The van der Waals surface area contributed by atoms with E-state index in [1.807, 2.05) is 0 Å². The van der Waals surface area contributed by atoms with E-state index in [4.69, 9.17) is 0 Å². The average Bonchev–Trinajstić information content (AvgIpc) is 2.78. The standard InChI is InChI=1S/C13H13N3O4S/c17-12(16-9-3-4-21(19,20)6-9)8-1-2-10-11(5-8)14-7-15-13(10)18/h1-2,5,7,9H,3-4,6H2,(H,16,17)(H,14,15,18)/t9-/m1/s1. The van der Waals surface area contributed by atoms with Crippen LogP contribution in [0.2, 0.25) is 0 Å². The van der Waals surface area contributed by atoms with Gasteiger partial charge >= 0.3 is 0 Å². The van der Waals surface area contributed by atoms with Gasteiger partial charge in [-0.05, 0) is 24.6 Å². The number of H-pyrrole nitrogens is 1. The molecule has 1 aliphatic rings. The molecule has 1 atom stereocenters. The van der Waals surface area contributed by atoms with Gasteiger partial charge in [-0.2, -0.15) is 0 Å². The van der Waals surface area contributed by atoms with Crippen LogP contribution in [0.25, 0.3) is 10.9 Å². The van der Waals surface area contributed by atoms with Crippen molar-refractivity contribution >= 4 is 26.6 Å². The Morgan fingerprint density at radius 2 is 2.19 bits per heavy atom. The summed E-state index contributed by atoms with van der Waals surface area (Å²) in [7, 11) is -3.04. The highest BCUT2D eigenvalue weighted by atomic mass is 32.2. The van der Waals surface area contributed by atoms with Gasteiger partial charge in [0.25, 0.3) is 11.5 Å². The molecular formula is C13H13N3O4S. The second kappa shape index (κ2) is 4.96. The van der Waals surface area contributed by atoms with Gasteiger partial charge in [-0.15, -0.1) is 0 Å². The molecule has 1 aromatic carbocycles. The van der Waals surface area contributed by atoms with E-state index in [9.17, 15) is 18.0 Å². The van der Waals surface area contributed by atoms with E-state index >= 15 is 0 Å². The molecule has 0 bridgehead atoms. The molecule has 2 heterocycles. The molecule has 7 nitrogen and oxygen atoms in total. The van der Waals surface area contributed by atoms with Crippen LogP contribution in [0.15, 0.2) is 29.3 Å². The number of aromatic amines is 1. The topological polar surface area (TPSA) is 109 Å². The van der Waals surface area contributed by atoms with Gasteiger partial charge in [0, 0.05) is 11.6 Å². The smallest absolute Gasteiger partial charge is 0.258 e. The number of nitrogens with one attached hydrogen (secondary N) is 2. The lowest BCUT2D eigenvalue weighted by atomic mass is 10.1. The Labute approximate surface area is 120 Å². The van der Waals surface area contributed by atoms with Crippen molar-refractivity contribution in [1.82, 2.24) is 15.3 Å². The zero-order chi connectivity index (χ0) is 15.0. The number of hydrogen-bond donors (Lipinski definition) is 2. The predicted octanol–water partition coefficient (Wildman–Crippen LogP) is -0.160. The van der Waals surface area contributed by atoms with Crippen molar-refractivity contribution < 1.29 is 13.2 Å². The first-order valence-corrected chi connectivity index (χ1v) is 8.25. The zero-order valence-electron chi connectivity index (χ0n) is 11.0. The van der Waals surface area contributed by atoms with Crippen molar-refractivity contribution in [2.75, 3.05) is 11.5 Å². The number of benzene rings is 1. The molecule has 1 saturated heterocycles. The van der Waals surface area contributed by atoms with Gasteiger partial charge in [0.05, 0.1) is 28.7 Å². The third-order valence-corrected chi connectivity index (χ3v) is 5.24. The van der Waals surface area contributed by atoms with E-state index in [1.165, 1.54) is 24.5 Å². The van der Waals surface area contributed by atoms with Crippen LogP contribution < -0.4 is 10.9 Å². The summed E-state index contributed by atoms with van der Waals surface area (Å²) in [5.74, 6) is -0.280. The normalized spacial score (nSPS) is 20.5. The Kier molecular flexibility index (Phi) is 3.25. The molecule has 110 valence electrons. The first kappa shape index (κ1) is 13.7. The quantitative estimate of drug-likeness (QED) is 0.801. The lowest BCUT2D eigenvalue weighted by Gasteiger charge is -2.10. The van der Waals surface area contributed by atoms with Crippen LogP contribution in [0.3, 0.4) is 0 Å². The van der Waals surface area contributed by atoms with E-state index in [0.717, 1.165) is 0 Å². The van der Waals surface area contributed by atoms with Gasteiger partial charge in [0.2, 0.25) is 0 Å². The SMILES string of the molecule is O=C(N[C@@H]1CCS(=O)(=O)C1)c1ccc2c(=O)[nH]cnc2c1. The Morgan fingerprint density at radius 3 is 2.90 bits per heavy atom. The number of carbonyl (C=O) groups excluding carboxylic acids is 1. The molecule has 0 radical (unpaired) electrons. The maximum absolute atomic E-state index is 12.1. The van der Waals surface area contributed by atoms with E-state index in [1.54, 1.807) is 0 Å². The lowest BCUT2D eigenvalue weighted by molar-refractivity contribution is 0.0941. The summed E-state index contributed by atoms with van der Waals surface area (Å²) in [6.07, 6.45) is 1.70. The highest BCUT2D eigenvalue weighted by Gasteiger charge is 2.29. The summed E-state index contributed by atoms with van der Waals surface area (Å²) in [5.41, 5.74) is 0.504. The molecular weight excluding hydrogens is 294 g/mol. The van der Waals surface area contributed by atoms with Crippen molar-refractivity contribution in [2.24, 2.45) is 0 Å². The van der Waals surface area contributed by atoms with Gasteiger partial charge in [-0.25, -0.2) is 13.4 Å². The molecule has 0 spiro atoms. The van der Waals surface area contributed by atoms with Crippen molar-refractivity contribution in [3.05, 3.63) is 40.4 Å². The Balaban J connectivity index is 1.84. The fourth-order valence-electron chi connectivity index (χ4n) is 2.39. The number of amides is 1. The minimum Gasteiger partial charge on any atom is -0.348 e. The second-order valence-electron chi connectivity index (χ2n) is 5.04. The Hall–Kier alpha value is -2.22. The summed E-state index contributed by atoms with van der Waals surface area (Å²) >= 11 is 0. The lowest BCUT2D eigenvalue weighted by Crippen LogP contribution is -2.35. The number of hydrogen-bond acceptors (Lipinski definition) is 5. The van der Waals surface area contributed by atoms with E-state index in [2.05, 4.69) is 15.3 Å². The highest BCUT2D eigenvalue weighted by molar-refractivity contribution is 7.91. The molecule has 0 saturated carbocycles. The molecule has 1 aliphatic heterocycles. The monoisotopic (exact) mass is 307 g/mol. The molecule has 2 N–H and O–H groups in total. The van der Waals surface area contributed by atoms with Crippen LogP contribution in [-0.2, 0) is 9.84 Å². The zero-order valence-corrected chi connectivity index (χ0v) is 11.8. The third kappa shape index (κ3) is 2.80. The van der Waals surface area contributed by atoms with Crippen molar-refractivity contribution in [3.63, 3.8) is 0 Å². The molecule has 0 aliphatic carbocycles. The minimum absolute atomic E-state index is 0.0236. The van der Waals surface area contributed by atoms with Crippen molar-refractivity contribution in [1.29, 1.82) is 0 Å². The molecule has 8 heteroatoms. The number of carbonyl (C=O) groups is 1. The Bertz CT molecular complexity index is 872. The fourth-order valence-corrected chi connectivity index (χ4v) is 4.06. The largest absolute Gasteiger partial charge is 0.348 e. The fraction of sp³-hybridized carbons (Fsp3) is 0.308. The number of sulfone groups is 1. The van der Waals surface area contributed by atoms with Crippen LogP contribution in [0, 0.1) is 0 Å². The van der Waals surface area contributed by atoms with Crippen molar-refractivity contribution in [3.8, 4) is 0 Å². The van der Waals surface area contributed by atoms with Gasteiger partial charge in [-0.1, -0.05) is 0 Å². The van der Waals surface area contributed by atoms with Crippen LogP contribution in [0.5, 0.6) is 0 Å². The number of rotatable bonds is 2. The van der Waals surface area contributed by atoms with E-state index in [0.29, 0.717) is 22.9 Å². The number of nitrogens with zero attached hydrogens (tertiary/aromatic N) is 1. The number of aromatic nitrogens is 2. The summed E-state index contributed by atoms with van der Waals surface area (Å²) in [6.45, 7) is 0. The molecule has 21 heavy (non-hydrogen) atoms. The van der Waals surface area contributed by atoms with Gasteiger partial charge in [-0.3, -0.25) is 9.59 Å². The maximum atomic E-state index is 12.1. The maximum Gasteiger partial charge on any atom is 0.258 e. The summed E-state index contributed by atoms with van der Waals surface area (Å²) in [6, 6.07) is 4.22. The molecule has 3 rings (SSSR count). The summed E-state index contributed by atoms with van der Waals surface area (Å²) < 4.78 is 22.7. The Morgan fingerprint density at radius 1 is 1.38 bits per heavy atom. The minimum atomic E-state index is -3.04. The molecule has 2 aromatic rings. The van der Waals surface area contributed by atoms with Crippen LogP contribution >= 0.6 is 0 Å². The van der Waals surface area contributed by atoms with Crippen molar-refractivity contribution in [2.45, 2.75) is 12.5 Å². The average molecular weight is 307 g/mol. The molecule has 1 fully saturated rings. The highest BCUT2D eigenvalue weighted by Crippen LogP contribution is 2.13. The predicted molar refractivity (Wildman–Crippen MR) is 76.9 cm³/mol.